The number of ether oxygens (including phenoxy) is 2. The van der Waals surface area contributed by atoms with Gasteiger partial charge in [-0.15, -0.1) is 0 Å². The average molecular weight is 279 g/mol. The van der Waals surface area contributed by atoms with E-state index in [0.717, 1.165) is 4.47 Å². The molecule has 1 aliphatic rings. The van der Waals surface area contributed by atoms with E-state index in [4.69, 9.17) is 4.74 Å². The van der Waals surface area contributed by atoms with Crippen LogP contribution in [0.4, 0.5) is 0 Å². The molecule has 0 aliphatic carbocycles. The molecule has 0 bridgehead atoms. The summed E-state index contributed by atoms with van der Waals surface area (Å²) < 4.78 is 10.9. The Morgan fingerprint density at radius 1 is 1.33 bits per heavy atom. The Morgan fingerprint density at radius 2 is 2.00 bits per heavy atom. The van der Waals surface area contributed by atoms with Crippen LogP contribution < -0.4 is 34.3 Å². The zero-order chi connectivity index (χ0) is 9.97. The fraction of sp³-hybridized carbons (Fsp3) is 0.100. The molecule has 1 heterocycles. The van der Waals surface area contributed by atoms with Crippen molar-refractivity contribution in [1.29, 1.82) is 0 Å². The number of halogens is 1. The molecule has 2 rings (SSSR count). The van der Waals surface area contributed by atoms with Crippen molar-refractivity contribution in [2.45, 2.75) is 6.10 Å². The predicted molar refractivity (Wildman–Crippen MR) is 54.9 cm³/mol. The quantitative estimate of drug-likeness (QED) is 0.535. The molecular weight excluding hydrogens is 271 g/mol. The van der Waals surface area contributed by atoms with Crippen molar-refractivity contribution in [1.82, 2.24) is 0 Å². The molecule has 0 fully saturated rings. The molecule has 0 saturated heterocycles. The Hall–Kier alpha value is -0.290. The van der Waals surface area contributed by atoms with Gasteiger partial charge in [-0.2, -0.15) is 0 Å². The van der Waals surface area contributed by atoms with E-state index in [1.54, 1.807) is 18.2 Å². The number of carbonyl (C=O) groups is 1. The van der Waals surface area contributed by atoms with Crippen LogP contribution in [0.2, 0.25) is 0 Å². The largest absolute Gasteiger partial charge is 1.00 e. The number of cyclic esters (lactones) is 1. The normalized spacial score (nSPS) is 18.2. The number of hydrogen-bond donors (Lipinski definition) is 0. The van der Waals surface area contributed by atoms with Gasteiger partial charge in [0.15, 0.2) is 0 Å². The molecule has 1 aliphatic heterocycles. The van der Waals surface area contributed by atoms with E-state index in [-0.39, 0.29) is 37.0 Å². The van der Waals surface area contributed by atoms with E-state index in [1.807, 2.05) is 12.1 Å². The fourth-order valence-corrected chi connectivity index (χ4v) is 1.33. The van der Waals surface area contributed by atoms with E-state index in [2.05, 4.69) is 20.7 Å². The van der Waals surface area contributed by atoms with E-state index in [9.17, 15) is 4.79 Å². The van der Waals surface area contributed by atoms with E-state index < -0.39 is 6.10 Å². The van der Waals surface area contributed by atoms with Crippen molar-refractivity contribution < 1.29 is 45.3 Å². The molecule has 15 heavy (non-hydrogen) atoms. The molecule has 0 radical (unpaired) electrons. The van der Waals surface area contributed by atoms with Gasteiger partial charge in [0.25, 0.3) is 0 Å². The minimum Gasteiger partial charge on any atom is -1.00 e. The number of hydrogen-bond acceptors (Lipinski definition) is 3. The summed E-state index contributed by atoms with van der Waals surface area (Å²) in [6, 6.07) is 7.26. The minimum absolute atomic E-state index is 0. The first-order valence-corrected chi connectivity index (χ1v) is 4.84. The minimum atomic E-state index is -0.615. The Bertz CT molecular complexity index is 380. The van der Waals surface area contributed by atoms with Gasteiger partial charge in [0.1, 0.15) is 5.75 Å². The van der Waals surface area contributed by atoms with Crippen molar-refractivity contribution in [3.05, 3.63) is 41.1 Å². The number of rotatable bonds is 2. The van der Waals surface area contributed by atoms with Crippen LogP contribution in [-0.2, 0) is 9.53 Å². The van der Waals surface area contributed by atoms with Gasteiger partial charge in [-0.1, -0.05) is 15.9 Å². The number of benzene rings is 1. The first-order chi connectivity index (χ1) is 6.75. The maximum Gasteiger partial charge on any atom is 1.00 e. The molecule has 74 valence electrons. The van der Waals surface area contributed by atoms with Crippen LogP contribution in [0.25, 0.3) is 0 Å². The summed E-state index contributed by atoms with van der Waals surface area (Å²) in [5, 5.41) is 0. The summed E-state index contributed by atoms with van der Waals surface area (Å²) in [6.07, 6.45) is 2.30. The molecule has 0 N–H and O–H groups in total. The van der Waals surface area contributed by atoms with Crippen LogP contribution in [0.5, 0.6) is 5.75 Å². The molecule has 1 aromatic carbocycles. The van der Waals surface area contributed by atoms with Crippen LogP contribution in [0, 0.1) is 0 Å². The second kappa shape index (κ2) is 5.70. The summed E-state index contributed by atoms with van der Waals surface area (Å²) in [7, 11) is 0. The maximum atomic E-state index is 11.0. The summed E-state index contributed by atoms with van der Waals surface area (Å²) in [5.41, 5.74) is 0. The molecule has 5 heteroatoms. The molecular formula is C10H8BrNaO3. The van der Waals surface area contributed by atoms with Crippen molar-refractivity contribution in [3.8, 4) is 5.75 Å². The van der Waals surface area contributed by atoms with Gasteiger partial charge < -0.3 is 10.9 Å². The van der Waals surface area contributed by atoms with Crippen molar-refractivity contribution in [3.63, 3.8) is 0 Å². The SMILES string of the molecule is O=C1OC=CC1Oc1ccc(Br)cc1.[H-].[Na+]. The van der Waals surface area contributed by atoms with Crippen LogP contribution in [0.3, 0.4) is 0 Å². The molecule has 0 saturated carbocycles. The molecule has 1 aromatic rings. The zero-order valence-electron chi connectivity index (χ0n) is 9.14. The summed E-state index contributed by atoms with van der Waals surface area (Å²) in [5.74, 6) is 0.259. The third-order valence-electron chi connectivity index (χ3n) is 1.75. The predicted octanol–water partition coefficient (Wildman–Crippen LogP) is -0.617. The topological polar surface area (TPSA) is 35.5 Å². The molecule has 3 nitrogen and oxygen atoms in total. The third kappa shape index (κ3) is 3.34. The smallest absolute Gasteiger partial charge is 1.00 e. The van der Waals surface area contributed by atoms with Gasteiger partial charge >= 0.3 is 35.5 Å². The maximum absolute atomic E-state index is 11.0. The second-order valence-corrected chi connectivity index (χ2v) is 3.67. The van der Waals surface area contributed by atoms with Crippen molar-refractivity contribution in [2.75, 3.05) is 0 Å². The molecule has 1 atom stereocenters. The molecule has 0 amide bonds. The van der Waals surface area contributed by atoms with Crippen LogP contribution in [0.15, 0.2) is 41.1 Å². The number of esters is 1. The zero-order valence-corrected chi connectivity index (χ0v) is 11.7. The van der Waals surface area contributed by atoms with Crippen molar-refractivity contribution in [2.24, 2.45) is 0 Å². The monoisotopic (exact) mass is 278 g/mol. The van der Waals surface area contributed by atoms with Crippen LogP contribution >= 0.6 is 15.9 Å². The van der Waals surface area contributed by atoms with Crippen LogP contribution in [-0.4, -0.2) is 12.1 Å². The molecule has 0 spiro atoms. The summed E-state index contributed by atoms with van der Waals surface area (Å²) in [4.78, 5) is 11.0. The second-order valence-electron chi connectivity index (χ2n) is 2.76. The standard InChI is InChI=1S/C10H7BrO3.Na.H/c11-7-1-3-8(4-2-7)14-9-5-6-13-10(9)12;;/h1-6,9H;;/q;+1;-1. The van der Waals surface area contributed by atoms with Gasteiger partial charge in [-0.25, -0.2) is 4.79 Å². The Balaban J connectivity index is 0.00000112. The number of carbonyl (C=O) groups excluding carboxylic acids is 1. The Kier molecular flexibility index (Phi) is 4.86. The van der Waals surface area contributed by atoms with Crippen LogP contribution in [0.1, 0.15) is 1.43 Å². The first kappa shape index (κ1) is 12.8. The fourth-order valence-electron chi connectivity index (χ4n) is 1.07. The van der Waals surface area contributed by atoms with Gasteiger partial charge in [-0.3, -0.25) is 0 Å². The van der Waals surface area contributed by atoms with Gasteiger partial charge in [0.2, 0.25) is 6.10 Å². The summed E-state index contributed by atoms with van der Waals surface area (Å²) >= 11 is 3.31. The molecule has 0 aromatic heterocycles. The van der Waals surface area contributed by atoms with Gasteiger partial charge in [0.05, 0.1) is 6.26 Å². The van der Waals surface area contributed by atoms with Gasteiger partial charge in [0, 0.05) is 10.5 Å². The average Bonchev–Trinajstić information content (AvgIpc) is 2.56. The Morgan fingerprint density at radius 3 is 2.53 bits per heavy atom. The van der Waals surface area contributed by atoms with E-state index in [1.165, 1.54) is 6.26 Å². The van der Waals surface area contributed by atoms with E-state index in [0.29, 0.717) is 5.75 Å². The third-order valence-corrected chi connectivity index (χ3v) is 2.28. The van der Waals surface area contributed by atoms with E-state index >= 15 is 0 Å². The first-order valence-electron chi connectivity index (χ1n) is 4.05. The molecule has 1 unspecified atom stereocenters. The van der Waals surface area contributed by atoms with Gasteiger partial charge in [-0.05, 0) is 24.3 Å². The van der Waals surface area contributed by atoms with Crippen molar-refractivity contribution >= 4 is 21.9 Å². The summed E-state index contributed by atoms with van der Waals surface area (Å²) in [6.45, 7) is 0. The Labute approximate surface area is 119 Å².